The lowest BCUT2D eigenvalue weighted by Gasteiger charge is -2.26. The van der Waals surface area contributed by atoms with Gasteiger partial charge in [0, 0.05) is 60.5 Å². The maximum atomic E-state index is 14.6. The Balaban J connectivity index is 1.16. The summed E-state index contributed by atoms with van der Waals surface area (Å²) in [7, 11) is 0. The number of benzene rings is 3. The molecule has 3 N–H and O–H groups in total. The molecule has 0 radical (unpaired) electrons. The van der Waals surface area contributed by atoms with Gasteiger partial charge in [0.25, 0.3) is 5.91 Å². The van der Waals surface area contributed by atoms with E-state index in [1.54, 1.807) is 30.3 Å². The van der Waals surface area contributed by atoms with E-state index < -0.39 is 11.6 Å². The predicted octanol–water partition coefficient (Wildman–Crippen LogP) is 4.45. The normalized spacial score (nSPS) is 16.7. The summed E-state index contributed by atoms with van der Waals surface area (Å²) in [6, 6.07) is 12.3. The van der Waals surface area contributed by atoms with Crippen molar-refractivity contribution in [2.75, 3.05) is 50.0 Å². The van der Waals surface area contributed by atoms with Gasteiger partial charge in [-0.2, -0.15) is 0 Å². The van der Waals surface area contributed by atoms with Crippen molar-refractivity contribution in [3.8, 4) is 0 Å². The van der Waals surface area contributed by atoms with Crippen molar-refractivity contribution in [1.82, 2.24) is 10.2 Å². The molecule has 0 aromatic heterocycles. The first-order valence-electron chi connectivity index (χ1n) is 14.3. The number of hydrogen-bond donors (Lipinski definition) is 3. The fourth-order valence-corrected chi connectivity index (χ4v) is 5.39. The molecule has 10 heteroatoms. The minimum absolute atomic E-state index is 0.00922. The van der Waals surface area contributed by atoms with Crippen LogP contribution >= 0.6 is 0 Å². The Kier molecular flexibility index (Phi) is 7.99. The number of halogens is 2. The maximum Gasteiger partial charge on any atom is 0.251 e. The number of nitrogens with one attached hydrogen (secondary N) is 3. The number of fused-ring (bicyclic) bond motifs is 2. The molecule has 3 aromatic rings. The molecule has 1 heterocycles. The highest BCUT2D eigenvalue weighted by Gasteiger charge is 2.30. The van der Waals surface area contributed by atoms with E-state index in [1.807, 2.05) is 6.07 Å². The Morgan fingerprint density at radius 1 is 0.881 bits per heavy atom. The van der Waals surface area contributed by atoms with Gasteiger partial charge in [-0.1, -0.05) is 6.07 Å². The Bertz CT molecular complexity index is 1550. The highest BCUT2D eigenvalue weighted by atomic mass is 19.1. The van der Waals surface area contributed by atoms with Crippen molar-refractivity contribution in [3.05, 3.63) is 88.0 Å². The van der Waals surface area contributed by atoms with E-state index >= 15 is 0 Å². The fourth-order valence-electron chi connectivity index (χ4n) is 5.39. The second-order valence-corrected chi connectivity index (χ2v) is 11.0. The molecular formula is C32H32F2N4O4. The lowest BCUT2D eigenvalue weighted by molar-refractivity contribution is -0.117. The van der Waals surface area contributed by atoms with E-state index in [1.165, 1.54) is 6.07 Å². The number of carbonyl (C=O) groups excluding carboxylic acids is 3. The van der Waals surface area contributed by atoms with Gasteiger partial charge in [0.2, 0.25) is 5.91 Å². The molecule has 42 heavy (non-hydrogen) atoms. The highest BCUT2D eigenvalue weighted by molar-refractivity contribution is 6.12. The molecule has 1 saturated carbocycles. The van der Waals surface area contributed by atoms with Crippen molar-refractivity contribution in [2.45, 2.75) is 25.7 Å². The molecule has 0 unspecified atom stereocenters. The molecule has 8 nitrogen and oxygen atoms in total. The molecule has 0 spiro atoms. The molecule has 218 valence electrons. The smallest absolute Gasteiger partial charge is 0.251 e. The summed E-state index contributed by atoms with van der Waals surface area (Å²) in [4.78, 5) is 40.8. The Labute approximate surface area is 242 Å². The second kappa shape index (κ2) is 12.0. The van der Waals surface area contributed by atoms with Gasteiger partial charge in [0.15, 0.2) is 5.78 Å². The van der Waals surface area contributed by atoms with E-state index in [2.05, 4.69) is 20.9 Å². The van der Waals surface area contributed by atoms with Gasteiger partial charge >= 0.3 is 0 Å². The van der Waals surface area contributed by atoms with E-state index in [4.69, 9.17) is 4.74 Å². The van der Waals surface area contributed by atoms with Crippen molar-refractivity contribution in [2.24, 2.45) is 5.92 Å². The lowest BCUT2D eigenvalue weighted by Crippen LogP contribution is -2.41. The standard InChI is InChI=1S/C32H32F2N4O4/c33-26-17-27(34)29(37-32(41)20-3-4-20)18-28(26)36-23-7-8-24-21(15-23)5-1-19-2-6-22(16-25(19)30(24)39)31(40)35-9-10-38-11-13-42-14-12-38/h2,6-8,15-18,20,36H,1,3-5,9-14H2,(H,35,40)(H,37,41). The molecule has 2 amide bonds. The van der Waals surface area contributed by atoms with Crippen molar-refractivity contribution in [3.63, 3.8) is 0 Å². The van der Waals surface area contributed by atoms with Crippen molar-refractivity contribution >= 4 is 34.7 Å². The van der Waals surface area contributed by atoms with Gasteiger partial charge in [-0.25, -0.2) is 8.78 Å². The number of hydrogen-bond acceptors (Lipinski definition) is 6. The molecule has 1 saturated heterocycles. The Morgan fingerprint density at radius 2 is 1.64 bits per heavy atom. The zero-order valence-corrected chi connectivity index (χ0v) is 23.1. The first-order valence-corrected chi connectivity index (χ1v) is 14.3. The van der Waals surface area contributed by atoms with Gasteiger partial charge in [-0.3, -0.25) is 19.3 Å². The van der Waals surface area contributed by atoms with Crippen LogP contribution in [0.1, 0.15) is 50.2 Å². The quantitative estimate of drug-likeness (QED) is 0.368. The fraction of sp³-hybridized carbons (Fsp3) is 0.344. The molecule has 2 aliphatic carbocycles. The van der Waals surface area contributed by atoms with Gasteiger partial charge < -0.3 is 20.7 Å². The van der Waals surface area contributed by atoms with Gasteiger partial charge in [0.1, 0.15) is 11.6 Å². The topological polar surface area (TPSA) is 99.8 Å². The third-order valence-electron chi connectivity index (χ3n) is 7.99. The van der Waals surface area contributed by atoms with Gasteiger partial charge in [-0.15, -0.1) is 0 Å². The number of aryl methyl sites for hydroxylation is 2. The molecule has 0 atom stereocenters. The largest absolute Gasteiger partial charge is 0.379 e. The molecule has 6 rings (SSSR count). The van der Waals surface area contributed by atoms with Crippen LogP contribution in [0.25, 0.3) is 0 Å². The van der Waals surface area contributed by atoms with Gasteiger partial charge in [0.05, 0.1) is 24.6 Å². The van der Waals surface area contributed by atoms with Crippen LogP contribution in [0.3, 0.4) is 0 Å². The van der Waals surface area contributed by atoms with Crippen LogP contribution in [0.5, 0.6) is 0 Å². The van der Waals surface area contributed by atoms with Crippen LogP contribution in [-0.4, -0.2) is 61.9 Å². The van der Waals surface area contributed by atoms with Gasteiger partial charge in [-0.05, 0) is 73.2 Å². The van der Waals surface area contributed by atoms with Crippen LogP contribution in [0, 0.1) is 17.6 Å². The van der Waals surface area contributed by atoms with Crippen molar-refractivity contribution in [1.29, 1.82) is 0 Å². The average molecular weight is 575 g/mol. The number of carbonyl (C=O) groups is 3. The van der Waals surface area contributed by atoms with Crippen molar-refractivity contribution < 1.29 is 27.9 Å². The third kappa shape index (κ3) is 6.19. The lowest BCUT2D eigenvalue weighted by atomic mass is 9.96. The molecule has 3 aliphatic rings. The number of nitrogens with zero attached hydrogens (tertiary/aromatic N) is 1. The summed E-state index contributed by atoms with van der Waals surface area (Å²) in [5, 5.41) is 8.45. The van der Waals surface area contributed by atoms with E-state index in [0.717, 1.165) is 49.7 Å². The number of ether oxygens (including phenoxy) is 1. The Morgan fingerprint density at radius 3 is 2.43 bits per heavy atom. The maximum absolute atomic E-state index is 14.6. The zero-order valence-electron chi connectivity index (χ0n) is 23.1. The van der Waals surface area contributed by atoms with E-state index in [9.17, 15) is 23.2 Å². The van der Waals surface area contributed by atoms with Crippen LogP contribution in [0.15, 0.2) is 48.5 Å². The summed E-state index contributed by atoms with van der Waals surface area (Å²) in [6.07, 6.45) is 2.70. The molecule has 3 aromatic carbocycles. The zero-order chi connectivity index (χ0) is 29.2. The first kappa shape index (κ1) is 28.0. The van der Waals surface area contributed by atoms with Crippen LogP contribution < -0.4 is 16.0 Å². The third-order valence-corrected chi connectivity index (χ3v) is 7.99. The Hall–Kier alpha value is -4.15. The summed E-state index contributed by atoms with van der Waals surface area (Å²) in [6.45, 7) is 4.33. The number of morpholine rings is 1. The predicted molar refractivity (Wildman–Crippen MR) is 154 cm³/mol. The number of ketones is 1. The number of rotatable bonds is 8. The molecule has 0 bridgehead atoms. The number of anilines is 3. The number of amides is 2. The SMILES string of the molecule is O=C(NCCN1CCOCC1)c1ccc2c(c1)C(=O)c1ccc(Nc3cc(NC(=O)C4CC4)c(F)cc3F)cc1CC2. The minimum atomic E-state index is -0.845. The average Bonchev–Trinajstić information content (AvgIpc) is 3.85. The highest BCUT2D eigenvalue weighted by Crippen LogP contribution is 2.33. The summed E-state index contributed by atoms with van der Waals surface area (Å²) in [5.74, 6) is -2.44. The molecular weight excluding hydrogens is 542 g/mol. The molecule has 1 aliphatic heterocycles. The summed E-state index contributed by atoms with van der Waals surface area (Å²) < 4.78 is 34.3. The summed E-state index contributed by atoms with van der Waals surface area (Å²) >= 11 is 0. The van der Waals surface area contributed by atoms with Crippen LogP contribution in [0.2, 0.25) is 0 Å². The van der Waals surface area contributed by atoms with Crippen LogP contribution in [0.4, 0.5) is 25.8 Å². The van der Waals surface area contributed by atoms with E-state index in [-0.39, 0.29) is 34.9 Å². The first-order chi connectivity index (χ1) is 20.4. The van der Waals surface area contributed by atoms with Crippen LogP contribution in [-0.2, 0) is 22.4 Å². The second-order valence-electron chi connectivity index (χ2n) is 11.0. The van der Waals surface area contributed by atoms with E-state index in [0.29, 0.717) is 55.0 Å². The monoisotopic (exact) mass is 574 g/mol. The summed E-state index contributed by atoms with van der Waals surface area (Å²) in [5.41, 5.74) is 3.53. The minimum Gasteiger partial charge on any atom is -0.379 e. The molecule has 2 fully saturated rings.